The fraction of sp³-hybridized carbons (Fsp3) is 0.105. The molecule has 0 atom stereocenters. The van der Waals surface area contributed by atoms with Crippen LogP contribution in [0.15, 0.2) is 53.7 Å². The number of carbonyl (C=O) groups excluding carboxylic acids is 2. The molecule has 154 valence electrons. The molecule has 0 saturated carbocycles. The molecule has 0 aliphatic rings. The Morgan fingerprint density at radius 2 is 1.70 bits per heavy atom. The SMILES string of the molecule is O=C(CSc1n[nH]c(CNC(=O)c2ccc(Cl)cc2)n1)Nc1ccc(C(=O)O)cc1. The molecule has 0 spiro atoms. The molecule has 0 aliphatic carbocycles. The van der Waals surface area contributed by atoms with Gasteiger partial charge in [-0.15, -0.1) is 5.10 Å². The summed E-state index contributed by atoms with van der Waals surface area (Å²) in [5.74, 6) is -1.08. The highest BCUT2D eigenvalue weighted by Crippen LogP contribution is 2.15. The van der Waals surface area contributed by atoms with Gasteiger partial charge in [0.15, 0.2) is 0 Å². The van der Waals surface area contributed by atoms with Crippen molar-refractivity contribution in [3.05, 3.63) is 70.5 Å². The number of amides is 2. The van der Waals surface area contributed by atoms with E-state index in [9.17, 15) is 14.4 Å². The second kappa shape index (κ2) is 9.90. The van der Waals surface area contributed by atoms with Crippen LogP contribution in [0.25, 0.3) is 0 Å². The Kier molecular flexibility index (Phi) is 7.04. The van der Waals surface area contributed by atoms with Gasteiger partial charge >= 0.3 is 5.97 Å². The molecule has 0 aliphatic heterocycles. The molecule has 0 unspecified atom stereocenters. The number of nitrogens with zero attached hydrogens (tertiary/aromatic N) is 2. The number of benzene rings is 2. The molecular weight excluding hydrogens is 430 g/mol. The summed E-state index contributed by atoms with van der Waals surface area (Å²) < 4.78 is 0. The quantitative estimate of drug-likeness (QED) is 0.391. The molecule has 4 N–H and O–H groups in total. The maximum absolute atomic E-state index is 12.1. The van der Waals surface area contributed by atoms with E-state index in [2.05, 4.69) is 25.8 Å². The third kappa shape index (κ3) is 6.06. The van der Waals surface area contributed by atoms with Gasteiger partial charge in [0.1, 0.15) is 5.82 Å². The number of nitrogens with one attached hydrogen (secondary N) is 3. The van der Waals surface area contributed by atoms with E-state index in [1.807, 2.05) is 0 Å². The molecule has 3 rings (SSSR count). The zero-order valence-electron chi connectivity index (χ0n) is 15.4. The van der Waals surface area contributed by atoms with E-state index in [-0.39, 0.29) is 29.7 Å². The number of hydrogen-bond acceptors (Lipinski definition) is 6. The molecule has 0 radical (unpaired) electrons. The second-order valence-corrected chi connectivity index (χ2v) is 7.35. The predicted molar refractivity (Wildman–Crippen MR) is 112 cm³/mol. The molecule has 0 fully saturated rings. The minimum Gasteiger partial charge on any atom is -0.478 e. The zero-order chi connectivity index (χ0) is 21.5. The molecule has 0 bridgehead atoms. The van der Waals surface area contributed by atoms with Gasteiger partial charge in [-0.05, 0) is 48.5 Å². The number of carboxylic acid groups (broad SMARTS) is 1. The van der Waals surface area contributed by atoms with Crippen LogP contribution in [0.5, 0.6) is 0 Å². The van der Waals surface area contributed by atoms with E-state index < -0.39 is 5.97 Å². The van der Waals surface area contributed by atoms with Crippen LogP contribution in [-0.2, 0) is 11.3 Å². The summed E-state index contributed by atoms with van der Waals surface area (Å²) in [6.07, 6.45) is 0. The number of anilines is 1. The van der Waals surface area contributed by atoms with E-state index >= 15 is 0 Å². The molecule has 11 heteroatoms. The number of rotatable bonds is 8. The fourth-order valence-corrected chi connectivity index (χ4v) is 3.06. The number of aromatic amines is 1. The van der Waals surface area contributed by atoms with Gasteiger partial charge in [-0.1, -0.05) is 23.4 Å². The molecule has 30 heavy (non-hydrogen) atoms. The first-order chi connectivity index (χ1) is 14.4. The Hall–Kier alpha value is -3.37. The molecule has 0 saturated heterocycles. The maximum Gasteiger partial charge on any atom is 0.335 e. The summed E-state index contributed by atoms with van der Waals surface area (Å²) in [6.45, 7) is 0.150. The molecule has 2 amide bonds. The zero-order valence-corrected chi connectivity index (χ0v) is 17.0. The lowest BCUT2D eigenvalue weighted by molar-refractivity contribution is -0.113. The first-order valence-corrected chi connectivity index (χ1v) is 9.98. The van der Waals surface area contributed by atoms with Gasteiger partial charge in [-0.2, -0.15) is 0 Å². The lowest BCUT2D eigenvalue weighted by atomic mass is 10.2. The van der Waals surface area contributed by atoms with Crippen molar-refractivity contribution in [1.82, 2.24) is 20.5 Å². The van der Waals surface area contributed by atoms with Gasteiger partial charge in [0.2, 0.25) is 11.1 Å². The highest BCUT2D eigenvalue weighted by atomic mass is 35.5. The van der Waals surface area contributed by atoms with Gasteiger partial charge in [0.05, 0.1) is 17.9 Å². The average Bonchev–Trinajstić information content (AvgIpc) is 3.19. The molecule has 1 aromatic heterocycles. The number of halogens is 1. The van der Waals surface area contributed by atoms with E-state index in [0.29, 0.717) is 27.3 Å². The van der Waals surface area contributed by atoms with Crippen LogP contribution in [0.1, 0.15) is 26.5 Å². The normalized spacial score (nSPS) is 10.4. The summed E-state index contributed by atoms with van der Waals surface area (Å²) >= 11 is 6.92. The Morgan fingerprint density at radius 3 is 2.37 bits per heavy atom. The lowest BCUT2D eigenvalue weighted by Crippen LogP contribution is -2.23. The number of carboxylic acids is 1. The van der Waals surface area contributed by atoms with Gasteiger partial charge in [-0.25, -0.2) is 9.78 Å². The van der Waals surface area contributed by atoms with E-state index in [1.54, 1.807) is 24.3 Å². The number of aromatic nitrogens is 3. The van der Waals surface area contributed by atoms with Crippen molar-refractivity contribution in [2.75, 3.05) is 11.1 Å². The van der Waals surface area contributed by atoms with Crippen LogP contribution < -0.4 is 10.6 Å². The Bertz CT molecular complexity index is 1050. The van der Waals surface area contributed by atoms with Crippen molar-refractivity contribution in [3.63, 3.8) is 0 Å². The number of aromatic carboxylic acids is 1. The van der Waals surface area contributed by atoms with Crippen LogP contribution in [0, 0.1) is 0 Å². The topological polar surface area (TPSA) is 137 Å². The van der Waals surface area contributed by atoms with E-state index in [4.69, 9.17) is 16.7 Å². The van der Waals surface area contributed by atoms with Crippen LogP contribution >= 0.6 is 23.4 Å². The van der Waals surface area contributed by atoms with Crippen LogP contribution in [0.4, 0.5) is 5.69 Å². The largest absolute Gasteiger partial charge is 0.478 e. The van der Waals surface area contributed by atoms with Crippen molar-refractivity contribution in [2.45, 2.75) is 11.7 Å². The van der Waals surface area contributed by atoms with E-state index in [1.165, 1.54) is 24.3 Å². The first-order valence-electron chi connectivity index (χ1n) is 8.62. The summed E-state index contributed by atoms with van der Waals surface area (Å²) in [6, 6.07) is 12.3. The number of H-pyrrole nitrogens is 1. The summed E-state index contributed by atoms with van der Waals surface area (Å²) in [5.41, 5.74) is 1.10. The highest BCUT2D eigenvalue weighted by molar-refractivity contribution is 7.99. The van der Waals surface area contributed by atoms with Crippen molar-refractivity contribution < 1.29 is 19.5 Å². The minimum absolute atomic E-state index is 0.0646. The minimum atomic E-state index is -1.03. The summed E-state index contributed by atoms with van der Waals surface area (Å²) in [4.78, 5) is 39.1. The fourth-order valence-electron chi connectivity index (χ4n) is 2.31. The summed E-state index contributed by atoms with van der Waals surface area (Å²) in [7, 11) is 0. The Labute approximate surface area is 180 Å². The number of thioether (sulfide) groups is 1. The van der Waals surface area contributed by atoms with Crippen molar-refractivity contribution in [1.29, 1.82) is 0 Å². The molecule has 3 aromatic rings. The maximum atomic E-state index is 12.1. The van der Waals surface area contributed by atoms with Crippen LogP contribution in [0.3, 0.4) is 0 Å². The number of carbonyl (C=O) groups is 3. The van der Waals surface area contributed by atoms with Gasteiger partial charge in [-0.3, -0.25) is 14.7 Å². The van der Waals surface area contributed by atoms with Crippen molar-refractivity contribution >= 4 is 46.8 Å². The lowest BCUT2D eigenvalue weighted by Gasteiger charge is -2.04. The number of hydrogen-bond donors (Lipinski definition) is 4. The standard InChI is InChI=1S/C19H16ClN5O4S/c20-13-5-1-11(2-6-13)17(27)21-9-15-23-19(25-24-15)30-10-16(26)22-14-7-3-12(4-8-14)18(28)29/h1-8H,9-10H2,(H,21,27)(H,22,26)(H,28,29)(H,23,24,25). The van der Waals surface area contributed by atoms with E-state index in [0.717, 1.165) is 11.8 Å². The second-order valence-electron chi connectivity index (χ2n) is 5.97. The molecule has 2 aromatic carbocycles. The van der Waals surface area contributed by atoms with Gasteiger partial charge in [0, 0.05) is 16.3 Å². The van der Waals surface area contributed by atoms with Gasteiger partial charge < -0.3 is 15.7 Å². The van der Waals surface area contributed by atoms with Crippen molar-refractivity contribution in [2.24, 2.45) is 0 Å². The van der Waals surface area contributed by atoms with Crippen LogP contribution in [-0.4, -0.2) is 43.8 Å². The third-order valence-electron chi connectivity index (χ3n) is 3.78. The third-order valence-corrected chi connectivity index (χ3v) is 4.88. The van der Waals surface area contributed by atoms with Crippen molar-refractivity contribution in [3.8, 4) is 0 Å². The smallest absolute Gasteiger partial charge is 0.335 e. The van der Waals surface area contributed by atoms with Gasteiger partial charge in [0.25, 0.3) is 5.91 Å². The van der Waals surface area contributed by atoms with Crippen LogP contribution in [0.2, 0.25) is 5.02 Å². The molecule has 1 heterocycles. The average molecular weight is 446 g/mol. The first kappa shape index (κ1) is 21.3. The highest BCUT2D eigenvalue weighted by Gasteiger charge is 2.10. The molecule has 9 nitrogen and oxygen atoms in total. The monoisotopic (exact) mass is 445 g/mol. The Morgan fingerprint density at radius 1 is 1.03 bits per heavy atom. The summed E-state index contributed by atoms with van der Waals surface area (Å²) in [5, 5.41) is 21.9. The Balaban J connectivity index is 1.44. The predicted octanol–water partition coefficient (Wildman–Crippen LogP) is 2.82. The molecular formula is C19H16ClN5O4S.